The van der Waals surface area contributed by atoms with Crippen molar-refractivity contribution in [2.45, 2.75) is 129 Å². The van der Waals surface area contributed by atoms with Crippen LogP contribution in [0.4, 0.5) is 5.82 Å². The summed E-state index contributed by atoms with van der Waals surface area (Å²) in [5.41, 5.74) is 6.91. The number of nitrogens with zero attached hydrogens (tertiary/aromatic N) is 4. The molecule has 0 aliphatic rings. The van der Waals surface area contributed by atoms with Gasteiger partial charge < -0.3 is 29.0 Å². The molecule has 0 fully saturated rings. The lowest BCUT2D eigenvalue weighted by atomic mass is 10.0. The van der Waals surface area contributed by atoms with Gasteiger partial charge in [0.15, 0.2) is 19.1 Å². The Morgan fingerprint density at radius 1 is 0.923 bits per heavy atom. The van der Waals surface area contributed by atoms with Crippen LogP contribution in [0.25, 0.3) is 11.2 Å². The zero-order valence-corrected chi connectivity index (χ0v) is 24.8. The zero-order chi connectivity index (χ0) is 28.2. The highest BCUT2D eigenvalue weighted by Gasteiger charge is 2.14. The zero-order valence-electron chi connectivity index (χ0n) is 23.9. The second kappa shape index (κ2) is 20.0. The molecule has 0 spiro atoms. The lowest BCUT2D eigenvalue weighted by Crippen LogP contribution is -2.20. The molecular formula is C29H49N5O4P-. The number of hydrogen-bond donors (Lipinski definition) is 1. The number of rotatable bonds is 24. The van der Waals surface area contributed by atoms with Crippen molar-refractivity contribution in [1.82, 2.24) is 19.5 Å². The number of imidazole rings is 1. The summed E-state index contributed by atoms with van der Waals surface area (Å²) in [5, 5.41) is 0. The van der Waals surface area contributed by atoms with E-state index >= 15 is 0 Å². The van der Waals surface area contributed by atoms with E-state index in [9.17, 15) is 9.46 Å². The van der Waals surface area contributed by atoms with Crippen LogP contribution in [-0.4, -0.2) is 38.6 Å². The molecule has 2 atom stereocenters. The molecule has 10 heteroatoms. The highest BCUT2D eigenvalue weighted by Crippen LogP contribution is 2.37. The Labute approximate surface area is 235 Å². The summed E-state index contributed by atoms with van der Waals surface area (Å²) in [7, 11) is -4.03. The van der Waals surface area contributed by atoms with Gasteiger partial charge >= 0.3 is 0 Å². The Kier molecular flexibility index (Phi) is 17.0. The molecule has 0 radical (unpaired) electrons. The molecule has 9 nitrogen and oxygen atoms in total. The van der Waals surface area contributed by atoms with Gasteiger partial charge in [0.1, 0.15) is 18.2 Å². The smallest absolute Gasteiger partial charge is 0.165 e. The number of fused-ring (bicyclic) bond motifs is 1. The second-order valence-corrected chi connectivity index (χ2v) is 12.2. The molecule has 0 aliphatic heterocycles. The maximum Gasteiger partial charge on any atom is 0.165 e. The minimum Gasteiger partial charge on any atom is -0.777 e. The van der Waals surface area contributed by atoms with Crippen molar-refractivity contribution in [3.05, 3.63) is 12.7 Å². The van der Waals surface area contributed by atoms with Crippen LogP contribution in [0, 0.1) is 12.3 Å². The quantitative estimate of drug-likeness (QED) is 0.0860. The van der Waals surface area contributed by atoms with Crippen molar-refractivity contribution in [3.63, 3.8) is 0 Å². The highest BCUT2D eigenvalue weighted by molar-refractivity contribution is 7.51. The SMILES string of the molecule is C#CCCCCCCCCCCCCCCCCCCOP(=O)([O-])CO[C@H](C)Cn1cnc2c(N)ncnc21. The van der Waals surface area contributed by atoms with E-state index in [4.69, 9.17) is 21.4 Å². The Hall–Kier alpha value is -1.98. The summed E-state index contributed by atoms with van der Waals surface area (Å²) in [6.07, 6.45) is 28.2. The lowest BCUT2D eigenvalue weighted by Gasteiger charge is -2.25. The van der Waals surface area contributed by atoms with Gasteiger partial charge in [-0.25, -0.2) is 15.0 Å². The average Bonchev–Trinajstić information content (AvgIpc) is 3.32. The van der Waals surface area contributed by atoms with Crippen molar-refractivity contribution in [2.75, 3.05) is 18.7 Å². The van der Waals surface area contributed by atoms with Crippen LogP contribution in [0.1, 0.15) is 116 Å². The Balaban J connectivity index is 1.38. The fourth-order valence-corrected chi connectivity index (χ4v) is 5.54. The van der Waals surface area contributed by atoms with E-state index in [0.717, 1.165) is 25.7 Å². The largest absolute Gasteiger partial charge is 0.777 e. The first-order valence-electron chi connectivity index (χ1n) is 14.8. The third kappa shape index (κ3) is 14.8. The van der Waals surface area contributed by atoms with Gasteiger partial charge in [-0.05, 0) is 19.8 Å². The van der Waals surface area contributed by atoms with E-state index in [1.165, 1.54) is 89.8 Å². The van der Waals surface area contributed by atoms with Crippen LogP contribution in [0.3, 0.4) is 0 Å². The predicted octanol–water partition coefficient (Wildman–Crippen LogP) is 6.61. The fourth-order valence-electron chi connectivity index (χ4n) is 4.63. The third-order valence-electron chi connectivity index (χ3n) is 6.90. The van der Waals surface area contributed by atoms with E-state index in [-0.39, 0.29) is 12.7 Å². The molecule has 39 heavy (non-hydrogen) atoms. The normalized spacial score (nSPS) is 13.9. The van der Waals surface area contributed by atoms with Gasteiger partial charge in [-0.15, -0.1) is 12.3 Å². The number of nitrogens with two attached hydrogens (primary N) is 1. The van der Waals surface area contributed by atoms with Crippen LogP contribution in [0.5, 0.6) is 0 Å². The van der Waals surface area contributed by atoms with Crippen molar-refractivity contribution in [3.8, 4) is 12.3 Å². The molecule has 0 aliphatic carbocycles. The lowest BCUT2D eigenvalue weighted by molar-refractivity contribution is -0.205. The van der Waals surface area contributed by atoms with E-state index < -0.39 is 13.9 Å². The molecule has 0 aromatic carbocycles. The van der Waals surface area contributed by atoms with E-state index in [1.54, 1.807) is 17.8 Å². The summed E-state index contributed by atoms with van der Waals surface area (Å²) >= 11 is 0. The number of unbranched alkanes of at least 4 members (excludes halogenated alkanes) is 16. The molecule has 2 N–H and O–H groups in total. The molecule has 2 rings (SSSR count). The van der Waals surface area contributed by atoms with E-state index in [2.05, 4.69) is 20.9 Å². The summed E-state index contributed by atoms with van der Waals surface area (Å²) in [6.45, 7) is 2.40. The molecule has 2 aromatic heterocycles. The molecule has 0 bridgehead atoms. The first-order chi connectivity index (χ1) is 18.9. The van der Waals surface area contributed by atoms with Gasteiger partial charge in [0.25, 0.3) is 0 Å². The summed E-state index contributed by atoms with van der Waals surface area (Å²) in [6, 6.07) is 0. The van der Waals surface area contributed by atoms with Gasteiger partial charge in [-0.1, -0.05) is 89.9 Å². The Morgan fingerprint density at radius 2 is 1.46 bits per heavy atom. The fraction of sp³-hybridized carbons (Fsp3) is 0.759. The summed E-state index contributed by atoms with van der Waals surface area (Å²) in [5.74, 6) is 3.01. The molecule has 2 heterocycles. The van der Waals surface area contributed by atoms with Crippen molar-refractivity contribution in [2.24, 2.45) is 0 Å². The Morgan fingerprint density at radius 3 is 2.03 bits per heavy atom. The van der Waals surface area contributed by atoms with Crippen LogP contribution >= 0.6 is 7.60 Å². The van der Waals surface area contributed by atoms with Gasteiger partial charge in [-0.2, -0.15) is 0 Å². The first kappa shape index (κ1) is 33.2. The van der Waals surface area contributed by atoms with Crippen LogP contribution in [0.2, 0.25) is 0 Å². The summed E-state index contributed by atoms with van der Waals surface area (Å²) < 4.78 is 24.6. The van der Waals surface area contributed by atoms with Crippen LogP contribution in [0.15, 0.2) is 12.7 Å². The number of terminal acetylenes is 1. The molecule has 0 amide bonds. The maximum atomic E-state index is 12.2. The van der Waals surface area contributed by atoms with Gasteiger partial charge in [0.05, 0.1) is 25.6 Å². The molecular weight excluding hydrogens is 513 g/mol. The number of nitrogen functional groups attached to an aromatic ring is 1. The van der Waals surface area contributed by atoms with Gasteiger partial charge in [0.2, 0.25) is 0 Å². The predicted molar refractivity (Wildman–Crippen MR) is 156 cm³/mol. The molecule has 220 valence electrons. The minimum absolute atomic E-state index is 0.214. The van der Waals surface area contributed by atoms with E-state index in [0.29, 0.717) is 23.5 Å². The Bertz CT molecular complexity index is 1010. The first-order valence-corrected chi connectivity index (χ1v) is 16.6. The van der Waals surface area contributed by atoms with Gasteiger partial charge in [-0.3, -0.25) is 0 Å². The topological polar surface area (TPSA) is 128 Å². The highest BCUT2D eigenvalue weighted by atomic mass is 31.2. The van der Waals surface area contributed by atoms with Crippen molar-refractivity contribution >= 4 is 24.6 Å². The van der Waals surface area contributed by atoms with Gasteiger partial charge in [0, 0.05) is 6.42 Å². The van der Waals surface area contributed by atoms with Crippen LogP contribution in [-0.2, 0) is 20.4 Å². The number of anilines is 1. The van der Waals surface area contributed by atoms with Crippen molar-refractivity contribution in [1.29, 1.82) is 0 Å². The molecule has 0 saturated heterocycles. The van der Waals surface area contributed by atoms with E-state index in [1.807, 2.05) is 0 Å². The molecule has 2 aromatic rings. The average molecular weight is 563 g/mol. The number of hydrogen-bond acceptors (Lipinski definition) is 8. The number of ether oxygens (including phenoxy) is 1. The number of aromatic nitrogens is 4. The maximum absolute atomic E-state index is 12.2. The monoisotopic (exact) mass is 562 g/mol. The molecule has 0 saturated carbocycles. The van der Waals surface area contributed by atoms with Crippen molar-refractivity contribution < 1.29 is 18.7 Å². The summed E-state index contributed by atoms with van der Waals surface area (Å²) in [4.78, 5) is 24.5. The second-order valence-electron chi connectivity index (χ2n) is 10.5. The third-order valence-corrected chi connectivity index (χ3v) is 7.95. The standard InChI is InChI=1S/C29H50N5O4P/c1-3-4-5-6-7-8-9-10-11-12-13-14-15-16-17-18-19-20-21-38-39(35,36)25-37-26(2)22-34-24-33-27-28(30)31-23-32-29(27)34/h1,23-24,26H,4-22,25H2,2H3,(H,35,36)(H2,30,31,32)/p-1/t26-/m1/s1. The molecule has 1 unspecified atom stereocenters. The van der Waals surface area contributed by atoms with Crippen LogP contribution < -0.4 is 10.6 Å². The minimum atomic E-state index is -4.03.